The van der Waals surface area contributed by atoms with Gasteiger partial charge in [0.1, 0.15) is 5.75 Å². The van der Waals surface area contributed by atoms with Crippen molar-refractivity contribution in [1.29, 1.82) is 0 Å². The Morgan fingerprint density at radius 1 is 1.21 bits per heavy atom. The lowest BCUT2D eigenvalue weighted by atomic mass is 10.1. The Bertz CT molecular complexity index is 383. The molecule has 104 valence electrons. The number of para-hydroxylation sites is 1. The van der Waals surface area contributed by atoms with Crippen LogP contribution in [0.2, 0.25) is 0 Å². The van der Waals surface area contributed by atoms with Crippen LogP contribution in [-0.2, 0) is 0 Å². The van der Waals surface area contributed by atoms with E-state index in [0.29, 0.717) is 0 Å². The molecule has 0 aromatic heterocycles. The van der Waals surface area contributed by atoms with Gasteiger partial charge in [-0.25, -0.2) is 0 Å². The molecule has 2 rings (SSSR count). The van der Waals surface area contributed by atoms with E-state index in [4.69, 9.17) is 4.84 Å². The molecule has 1 aliphatic heterocycles. The first-order chi connectivity index (χ1) is 9.34. The maximum atomic E-state index is 5.44. The number of hydroxylamine groups is 1. The summed E-state index contributed by atoms with van der Waals surface area (Å²) in [7, 11) is 0. The molecule has 1 fully saturated rings. The molecule has 0 spiro atoms. The van der Waals surface area contributed by atoms with Crippen LogP contribution in [-0.4, -0.2) is 31.1 Å². The molecule has 1 aliphatic rings. The van der Waals surface area contributed by atoms with Crippen LogP contribution in [0.25, 0.3) is 0 Å². The highest BCUT2D eigenvalue weighted by molar-refractivity contribution is 5.20. The summed E-state index contributed by atoms with van der Waals surface area (Å²) in [4.78, 5) is 7.97. The lowest BCUT2D eigenvalue weighted by Crippen LogP contribution is -2.31. The van der Waals surface area contributed by atoms with E-state index in [2.05, 4.69) is 23.4 Å². The molecule has 0 amide bonds. The largest absolute Gasteiger partial charge is 0.408 e. The molecule has 1 heterocycles. The lowest BCUT2D eigenvalue weighted by molar-refractivity contribution is 0.208. The highest BCUT2D eigenvalue weighted by atomic mass is 16.6. The second-order valence-electron chi connectivity index (χ2n) is 5.15. The zero-order valence-corrected chi connectivity index (χ0v) is 11.8. The Morgan fingerprint density at radius 2 is 1.95 bits per heavy atom. The molecule has 1 saturated heterocycles. The van der Waals surface area contributed by atoms with Gasteiger partial charge in [-0.05, 0) is 45.0 Å². The summed E-state index contributed by atoms with van der Waals surface area (Å²) in [5.41, 5.74) is 4.38. The molecule has 0 radical (unpaired) electrons. The van der Waals surface area contributed by atoms with Gasteiger partial charge in [0.05, 0.1) is 6.54 Å². The van der Waals surface area contributed by atoms with Crippen LogP contribution in [0.4, 0.5) is 0 Å². The summed E-state index contributed by atoms with van der Waals surface area (Å²) in [6.07, 6.45) is 6.30. The van der Waals surface area contributed by atoms with Gasteiger partial charge in [0.2, 0.25) is 0 Å². The van der Waals surface area contributed by atoms with Crippen molar-refractivity contribution in [3.05, 3.63) is 42.0 Å². The highest BCUT2D eigenvalue weighted by Crippen LogP contribution is 2.10. The van der Waals surface area contributed by atoms with Gasteiger partial charge < -0.3 is 4.84 Å². The van der Waals surface area contributed by atoms with Gasteiger partial charge in [-0.3, -0.25) is 4.90 Å². The Morgan fingerprint density at radius 3 is 2.68 bits per heavy atom. The fourth-order valence-corrected chi connectivity index (χ4v) is 2.36. The quantitative estimate of drug-likeness (QED) is 0.483. The summed E-state index contributed by atoms with van der Waals surface area (Å²) in [5.74, 6) is 0.851. The van der Waals surface area contributed by atoms with Gasteiger partial charge in [0.15, 0.2) is 0 Å². The minimum Gasteiger partial charge on any atom is -0.408 e. The van der Waals surface area contributed by atoms with Gasteiger partial charge in [0, 0.05) is 6.54 Å². The summed E-state index contributed by atoms with van der Waals surface area (Å²) < 4.78 is 0. The molecule has 0 aliphatic carbocycles. The van der Waals surface area contributed by atoms with Crippen molar-refractivity contribution in [2.75, 3.05) is 26.2 Å². The fraction of sp³-hybridized carbons (Fsp3) is 0.500. The van der Waals surface area contributed by atoms with E-state index in [1.807, 2.05) is 30.3 Å². The molecule has 1 aromatic carbocycles. The lowest BCUT2D eigenvalue weighted by Gasteiger charge is -2.26. The number of piperidine rings is 1. The molecule has 3 heteroatoms. The first-order valence-corrected chi connectivity index (χ1v) is 7.17. The number of rotatable bonds is 6. The van der Waals surface area contributed by atoms with Gasteiger partial charge >= 0.3 is 0 Å². The number of nitrogens with one attached hydrogen (secondary N) is 1. The smallest absolute Gasteiger partial charge is 0.147 e. The summed E-state index contributed by atoms with van der Waals surface area (Å²) >= 11 is 0. The van der Waals surface area contributed by atoms with Crippen LogP contribution in [0.1, 0.15) is 26.2 Å². The van der Waals surface area contributed by atoms with E-state index < -0.39 is 0 Å². The third kappa shape index (κ3) is 5.45. The molecule has 0 unspecified atom stereocenters. The van der Waals surface area contributed by atoms with Gasteiger partial charge in [-0.15, -0.1) is 0 Å². The predicted molar refractivity (Wildman–Crippen MR) is 79.1 cm³/mol. The molecular weight excluding hydrogens is 236 g/mol. The summed E-state index contributed by atoms with van der Waals surface area (Å²) in [6.45, 7) is 6.53. The van der Waals surface area contributed by atoms with Crippen LogP contribution in [0.3, 0.4) is 0 Å². The van der Waals surface area contributed by atoms with Crippen molar-refractivity contribution >= 4 is 0 Å². The van der Waals surface area contributed by atoms with Gasteiger partial charge in [0.25, 0.3) is 0 Å². The first-order valence-electron chi connectivity index (χ1n) is 7.17. The Kier molecular flexibility index (Phi) is 5.92. The van der Waals surface area contributed by atoms with Crippen molar-refractivity contribution in [3.8, 4) is 5.75 Å². The number of hydrogen-bond acceptors (Lipinski definition) is 3. The molecule has 3 nitrogen and oxygen atoms in total. The Balaban J connectivity index is 1.64. The van der Waals surface area contributed by atoms with Crippen LogP contribution in [0, 0.1) is 0 Å². The van der Waals surface area contributed by atoms with E-state index in [0.717, 1.165) is 18.8 Å². The van der Waals surface area contributed by atoms with Crippen molar-refractivity contribution in [1.82, 2.24) is 10.4 Å². The second kappa shape index (κ2) is 7.97. The van der Waals surface area contributed by atoms with E-state index in [9.17, 15) is 0 Å². The highest BCUT2D eigenvalue weighted by Gasteiger charge is 2.09. The fourth-order valence-electron chi connectivity index (χ4n) is 2.36. The number of nitrogens with zero attached hydrogens (tertiary/aromatic N) is 1. The number of benzene rings is 1. The molecule has 1 N–H and O–H groups in total. The predicted octanol–water partition coefficient (Wildman–Crippen LogP) is 3.00. The van der Waals surface area contributed by atoms with E-state index in [-0.39, 0.29) is 0 Å². The molecule has 19 heavy (non-hydrogen) atoms. The van der Waals surface area contributed by atoms with Crippen molar-refractivity contribution in [2.45, 2.75) is 26.2 Å². The first kappa shape index (κ1) is 14.1. The molecule has 0 bridgehead atoms. The molecule has 0 atom stereocenters. The topological polar surface area (TPSA) is 24.5 Å². The Hall–Kier alpha value is -1.32. The average Bonchev–Trinajstić information content (AvgIpc) is 2.46. The van der Waals surface area contributed by atoms with Crippen molar-refractivity contribution < 1.29 is 4.84 Å². The second-order valence-corrected chi connectivity index (χ2v) is 5.15. The van der Waals surface area contributed by atoms with Gasteiger partial charge in [-0.1, -0.05) is 36.3 Å². The minimum atomic E-state index is 0.745. The Labute approximate surface area is 116 Å². The number of hydrogen-bond donors (Lipinski definition) is 1. The van der Waals surface area contributed by atoms with E-state index >= 15 is 0 Å². The van der Waals surface area contributed by atoms with Crippen LogP contribution in [0.5, 0.6) is 5.75 Å². The minimum absolute atomic E-state index is 0.745. The van der Waals surface area contributed by atoms with Gasteiger partial charge in [-0.2, -0.15) is 5.48 Å². The maximum Gasteiger partial charge on any atom is 0.147 e. The summed E-state index contributed by atoms with van der Waals surface area (Å²) in [6, 6.07) is 9.80. The normalized spacial score (nSPS) is 17.4. The van der Waals surface area contributed by atoms with Crippen LogP contribution in [0.15, 0.2) is 42.0 Å². The zero-order chi connectivity index (χ0) is 13.3. The summed E-state index contributed by atoms with van der Waals surface area (Å²) in [5, 5.41) is 0. The average molecular weight is 260 g/mol. The molecule has 0 saturated carbocycles. The zero-order valence-electron chi connectivity index (χ0n) is 11.8. The third-order valence-electron chi connectivity index (χ3n) is 3.39. The molecular formula is C16H24N2O. The van der Waals surface area contributed by atoms with E-state index in [1.54, 1.807) is 0 Å². The van der Waals surface area contributed by atoms with Crippen LogP contribution < -0.4 is 10.3 Å². The van der Waals surface area contributed by atoms with Crippen molar-refractivity contribution in [2.24, 2.45) is 0 Å². The SMILES string of the molecule is CC(=CCNOc1ccccc1)CN1CCCCC1. The number of likely N-dealkylation sites (tertiary alicyclic amines) is 1. The van der Waals surface area contributed by atoms with E-state index in [1.165, 1.54) is 37.9 Å². The van der Waals surface area contributed by atoms with Crippen molar-refractivity contribution in [3.63, 3.8) is 0 Å². The standard InChI is InChI=1S/C16H24N2O/c1-15(14-18-12-6-3-7-13-18)10-11-17-19-16-8-4-2-5-9-16/h2,4-5,8-10,17H,3,6-7,11-14H2,1H3. The maximum absolute atomic E-state index is 5.44. The molecule has 1 aromatic rings. The third-order valence-corrected chi connectivity index (χ3v) is 3.39. The monoisotopic (exact) mass is 260 g/mol. The van der Waals surface area contributed by atoms with Crippen LogP contribution >= 0.6 is 0 Å².